The van der Waals surface area contributed by atoms with Gasteiger partial charge in [0, 0.05) is 32.0 Å². The fourth-order valence-corrected chi connectivity index (χ4v) is 5.21. The summed E-state index contributed by atoms with van der Waals surface area (Å²) in [6.45, 7) is 6.17. The topological polar surface area (TPSA) is 87.5 Å². The molecule has 156 valence electrons. The highest BCUT2D eigenvalue weighted by molar-refractivity contribution is 5.92. The van der Waals surface area contributed by atoms with Crippen molar-refractivity contribution in [2.24, 2.45) is 12.5 Å². The number of aryl methyl sites for hydroxylation is 2. The molecule has 1 aliphatic heterocycles. The van der Waals surface area contributed by atoms with Gasteiger partial charge in [0.15, 0.2) is 0 Å². The number of aromatic nitrogens is 2. The van der Waals surface area contributed by atoms with Crippen LogP contribution in [0.1, 0.15) is 75.5 Å². The van der Waals surface area contributed by atoms with E-state index in [1.165, 1.54) is 0 Å². The van der Waals surface area contributed by atoms with Gasteiger partial charge in [-0.15, -0.1) is 0 Å². The number of fused-ring (bicyclic) bond motifs is 1. The Hall–Kier alpha value is -1.89. The number of aliphatic hydroxyl groups is 1. The first-order valence-corrected chi connectivity index (χ1v) is 10.6. The fraction of sp³-hybridized carbons (Fsp3) is 0.762. The number of nitrogens with one attached hydrogen (secondary N) is 1. The number of nitrogens with zero attached hydrogens (tertiary/aromatic N) is 3. The first-order chi connectivity index (χ1) is 13.3. The number of hydrogen-bond donors (Lipinski definition) is 2. The molecule has 0 unspecified atom stereocenters. The van der Waals surface area contributed by atoms with Gasteiger partial charge in [-0.25, -0.2) is 0 Å². The van der Waals surface area contributed by atoms with Gasteiger partial charge in [0.1, 0.15) is 5.69 Å². The van der Waals surface area contributed by atoms with Gasteiger partial charge >= 0.3 is 0 Å². The van der Waals surface area contributed by atoms with Gasteiger partial charge in [0.05, 0.1) is 17.8 Å². The Morgan fingerprint density at radius 2 is 2.07 bits per heavy atom. The Labute approximate surface area is 167 Å². The SMILES string of the molecule is CCCc1cc(C(=O)NC[C@H]2C[C@@]3(C)[C@@H](O)CCCC[C@H]3N2C(C)=O)n(C)n1. The molecule has 1 saturated carbocycles. The second kappa shape index (κ2) is 8.23. The molecule has 28 heavy (non-hydrogen) atoms. The van der Waals surface area contributed by atoms with Crippen molar-refractivity contribution in [1.29, 1.82) is 0 Å². The first kappa shape index (κ1) is 20.8. The molecule has 0 radical (unpaired) electrons. The summed E-state index contributed by atoms with van der Waals surface area (Å²) < 4.78 is 1.62. The number of carbonyl (C=O) groups excluding carboxylic acids is 2. The molecule has 2 aliphatic rings. The number of hydrogen-bond acceptors (Lipinski definition) is 4. The van der Waals surface area contributed by atoms with Crippen LogP contribution in [0.2, 0.25) is 0 Å². The third kappa shape index (κ3) is 3.81. The largest absolute Gasteiger partial charge is 0.392 e. The zero-order valence-electron chi connectivity index (χ0n) is 17.6. The average molecular weight is 391 g/mol. The van der Waals surface area contributed by atoms with E-state index in [1.807, 2.05) is 11.0 Å². The van der Waals surface area contributed by atoms with Crippen molar-refractivity contribution in [2.75, 3.05) is 6.54 Å². The highest BCUT2D eigenvalue weighted by atomic mass is 16.3. The molecular weight excluding hydrogens is 356 g/mol. The van der Waals surface area contributed by atoms with Gasteiger partial charge in [-0.05, 0) is 31.7 Å². The number of rotatable bonds is 5. The third-order valence-electron chi connectivity index (χ3n) is 6.66. The molecule has 0 spiro atoms. The van der Waals surface area contributed by atoms with Crippen LogP contribution in [0.3, 0.4) is 0 Å². The van der Waals surface area contributed by atoms with E-state index in [1.54, 1.807) is 18.7 Å². The summed E-state index contributed by atoms with van der Waals surface area (Å²) in [5.41, 5.74) is 1.15. The summed E-state index contributed by atoms with van der Waals surface area (Å²) in [7, 11) is 1.78. The quantitative estimate of drug-likeness (QED) is 0.805. The van der Waals surface area contributed by atoms with Crippen molar-refractivity contribution in [2.45, 2.75) is 83.9 Å². The molecule has 2 amide bonds. The van der Waals surface area contributed by atoms with E-state index in [2.05, 4.69) is 24.3 Å². The van der Waals surface area contributed by atoms with E-state index in [0.29, 0.717) is 18.7 Å². The van der Waals surface area contributed by atoms with Crippen molar-refractivity contribution in [1.82, 2.24) is 20.0 Å². The smallest absolute Gasteiger partial charge is 0.269 e. The highest BCUT2D eigenvalue weighted by Gasteiger charge is 2.54. The van der Waals surface area contributed by atoms with Gasteiger partial charge in [-0.3, -0.25) is 14.3 Å². The van der Waals surface area contributed by atoms with E-state index in [0.717, 1.165) is 44.2 Å². The lowest BCUT2D eigenvalue weighted by atomic mass is 9.75. The molecule has 0 aromatic carbocycles. The summed E-state index contributed by atoms with van der Waals surface area (Å²) in [5.74, 6) is -0.147. The van der Waals surface area contributed by atoms with Crippen LogP contribution < -0.4 is 5.32 Å². The van der Waals surface area contributed by atoms with Crippen LogP contribution in [-0.4, -0.2) is 56.3 Å². The normalized spacial score (nSPS) is 30.0. The molecule has 1 aliphatic carbocycles. The zero-order chi connectivity index (χ0) is 20.5. The predicted octanol–water partition coefficient (Wildman–Crippen LogP) is 2.03. The molecule has 1 aromatic heterocycles. The number of aliphatic hydroxyl groups excluding tert-OH is 1. The molecule has 3 rings (SSSR count). The Bertz CT molecular complexity index is 731. The number of amides is 2. The van der Waals surface area contributed by atoms with E-state index >= 15 is 0 Å². The van der Waals surface area contributed by atoms with Crippen LogP contribution in [0, 0.1) is 5.41 Å². The van der Waals surface area contributed by atoms with Crippen LogP contribution in [0.5, 0.6) is 0 Å². The van der Waals surface area contributed by atoms with Crippen LogP contribution in [0.4, 0.5) is 0 Å². The summed E-state index contributed by atoms with van der Waals surface area (Å²) in [5, 5.41) is 18.1. The Balaban J connectivity index is 1.72. The van der Waals surface area contributed by atoms with E-state index < -0.39 is 6.10 Å². The lowest BCUT2D eigenvalue weighted by Gasteiger charge is -2.37. The molecular formula is C21H34N4O3. The lowest BCUT2D eigenvalue weighted by Crippen LogP contribution is -2.48. The molecule has 2 fully saturated rings. The standard InChI is InChI=1S/C21H34N4O3/c1-5-8-15-11-17(24(4)23-15)20(28)22-13-16-12-21(3)18(25(16)14(2)26)9-6-7-10-19(21)27/h11,16,18-19,27H,5-10,12-13H2,1-4H3,(H,22,28)/t16-,18-,19+,21-/m1/s1. The summed E-state index contributed by atoms with van der Waals surface area (Å²) >= 11 is 0. The summed E-state index contributed by atoms with van der Waals surface area (Å²) in [4.78, 5) is 27.1. The highest BCUT2D eigenvalue weighted by Crippen LogP contribution is 2.48. The van der Waals surface area contributed by atoms with Crippen LogP contribution in [-0.2, 0) is 18.3 Å². The van der Waals surface area contributed by atoms with Gasteiger partial charge in [0.25, 0.3) is 5.91 Å². The molecule has 7 heteroatoms. The van der Waals surface area contributed by atoms with Gasteiger partial charge in [0.2, 0.25) is 5.91 Å². The van der Waals surface area contributed by atoms with Crippen molar-refractivity contribution in [3.05, 3.63) is 17.5 Å². The monoisotopic (exact) mass is 390 g/mol. The second-order valence-corrected chi connectivity index (χ2v) is 8.71. The second-order valence-electron chi connectivity index (χ2n) is 8.71. The van der Waals surface area contributed by atoms with Crippen molar-refractivity contribution in [3.8, 4) is 0 Å². The van der Waals surface area contributed by atoms with E-state index in [4.69, 9.17) is 0 Å². The number of likely N-dealkylation sites (tertiary alicyclic amines) is 1. The zero-order valence-corrected chi connectivity index (χ0v) is 17.6. The van der Waals surface area contributed by atoms with Crippen molar-refractivity contribution >= 4 is 11.8 Å². The van der Waals surface area contributed by atoms with Crippen LogP contribution >= 0.6 is 0 Å². The molecule has 1 aromatic rings. The van der Waals surface area contributed by atoms with E-state index in [-0.39, 0.29) is 29.3 Å². The summed E-state index contributed by atoms with van der Waals surface area (Å²) in [6.07, 6.45) is 5.86. The minimum absolute atomic E-state index is 0.0211. The maximum Gasteiger partial charge on any atom is 0.269 e. The van der Waals surface area contributed by atoms with Gasteiger partial charge in [-0.2, -0.15) is 5.10 Å². The summed E-state index contributed by atoms with van der Waals surface area (Å²) in [6, 6.07) is 1.79. The Morgan fingerprint density at radius 3 is 2.75 bits per heavy atom. The first-order valence-electron chi connectivity index (χ1n) is 10.6. The van der Waals surface area contributed by atoms with E-state index in [9.17, 15) is 14.7 Å². The maximum absolute atomic E-state index is 12.7. The fourth-order valence-electron chi connectivity index (χ4n) is 5.21. The predicted molar refractivity (Wildman–Crippen MR) is 107 cm³/mol. The van der Waals surface area contributed by atoms with Gasteiger partial charge in [-0.1, -0.05) is 33.1 Å². The van der Waals surface area contributed by atoms with Crippen molar-refractivity contribution < 1.29 is 14.7 Å². The Morgan fingerprint density at radius 1 is 1.36 bits per heavy atom. The Kier molecular flexibility index (Phi) is 6.12. The van der Waals surface area contributed by atoms with Crippen LogP contribution in [0.15, 0.2) is 6.07 Å². The molecule has 2 N–H and O–H groups in total. The molecule has 0 bridgehead atoms. The maximum atomic E-state index is 12.7. The third-order valence-corrected chi connectivity index (χ3v) is 6.66. The number of carbonyl (C=O) groups is 2. The molecule has 2 heterocycles. The van der Waals surface area contributed by atoms with Crippen molar-refractivity contribution in [3.63, 3.8) is 0 Å². The molecule has 4 atom stereocenters. The molecule has 1 saturated heterocycles. The minimum Gasteiger partial charge on any atom is -0.392 e. The minimum atomic E-state index is -0.406. The molecule has 7 nitrogen and oxygen atoms in total. The van der Waals surface area contributed by atoms with Gasteiger partial charge < -0.3 is 15.3 Å². The lowest BCUT2D eigenvalue weighted by molar-refractivity contribution is -0.133. The van der Waals surface area contributed by atoms with Crippen LogP contribution in [0.25, 0.3) is 0 Å². The average Bonchev–Trinajstić information content (AvgIpc) is 3.10.